The summed E-state index contributed by atoms with van der Waals surface area (Å²) in [6.07, 6.45) is -4.43. The molecule has 0 amide bonds. The van der Waals surface area contributed by atoms with Crippen molar-refractivity contribution in [3.63, 3.8) is 0 Å². The second-order valence-corrected chi connectivity index (χ2v) is 7.18. The Morgan fingerprint density at radius 2 is 2.00 bits per heavy atom. The Morgan fingerprint density at radius 3 is 2.77 bits per heavy atom. The molecule has 0 unspecified atom stereocenters. The number of thiazole rings is 1. The Hall–Kier alpha value is -3.33. The van der Waals surface area contributed by atoms with Crippen LogP contribution in [0.5, 0.6) is 5.75 Å². The van der Waals surface area contributed by atoms with E-state index in [1.807, 2.05) is 6.92 Å². The average Bonchev–Trinajstić information content (AvgIpc) is 3.15. The van der Waals surface area contributed by atoms with Gasteiger partial charge in [-0.05, 0) is 43.3 Å². The molecule has 4 rings (SSSR count). The van der Waals surface area contributed by atoms with Gasteiger partial charge >= 0.3 is 11.8 Å². The highest BCUT2D eigenvalue weighted by atomic mass is 32.1. The number of benzene rings is 2. The molecule has 5 nitrogen and oxygen atoms in total. The Labute approximate surface area is 172 Å². The van der Waals surface area contributed by atoms with Gasteiger partial charge in [0.25, 0.3) is 0 Å². The molecule has 30 heavy (non-hydrogen) atoms. The molecule has 0 atom stereocenters. The predicted octanol–water partition coefficient (Wildman–Crippen LogP) is 6.08. The number of nitrogens with one attached hydrogen (secondary N) is 1. The summed E-state index contributed by atoms with van der Waals surface area (Å²) in [4.78, 5) is 16.8. The van der Waals surface area contributed by atoms with Gasteiger partial charge in [0.05, 0.1) is 23.4 Å². The van der Waals surface area contributed by atoms with Crippen LogP contribution >= 0.6 is 11.3 Å². The lowest BCUT2D eigenvalue weighted by Gasteiger charge is -2.09. The lowest BCUT2D eigenvalue weighted by atomic mass is 10.1. The summed E-state index contributed by atoms with van der Waals surface area (Å²) >= 11 is 1.17. The molecule has 4 aromatic rings. The minimum Gasteiger partial charge on any atom is -0.494 e. The van der Waals surface area contributed by atoms with Gasteiger partial charge in [0, 0.05) is 22.5 Å². The fourth-order valence-electron chi connectivity index (χ4n) is 2.88. The number of hydrogen-bond acceptors (Lipinski definition) is 6. The van der Waals surface area contributed by atoms with Crippen molar-refractivity contribution in [2.45, 2.75) is 13.1 Å². The zero-order valence-corrected chi connectivity index (χ0v) is 16.4. The zero-order chi connectivity index (χ0) is 21.3. The summed E-state index contributed by atoms with van der Waals surface area (Å²) in [7, 11) is 0. The first kappa shape index (κ1) is 20.0. The number of nitrogens with zero attached hydrogens (tertiary/aromatic N) is 1. The van der Waals surface area contributed by atoms with Gasteiger partial charge in [-0.3, -0.25) is 0 Å². The van der Waals surface area contributed by atoms with Crippen LogP contribution in [-0.2, 0) is 6.18 Å². The fourth-order valence-corrected chi connectivity index (χ4v) is 3.61. The number of fused-ring (bicyclic) bond motifs is 1. The topological polar surface area (TPSA) is 64.4 Å². The van der Waals surface area contributed by atoms with E-state index in [0.29, 0.717) is 34.2 Å². The summed E-state index contributed by atoms with van der Waals surface area (Å²) in [5, 5.41) is 5.54. The Balaban J connectivity index is 1.62. The maximum Gasteiger partial charge on any atom is 0.416 e. The number of ether oxygens (including phenoxy) is 1. The van der Waals surface area contributed by atoms with Crippen molar-refractivity contribution in [2.24, 2.45) is 0 Å². The second kappa shape index (κ2) is 7.83. The van der Waals surface area contributed by atoms with Crippen LogP contribution in [0.15, 0.2) is 63.1 Å². The minimum atomic E-state index is -4.43. The number of hydrogen-bond donors (Lipinski definition) is 1. The third-order valence-electron chi connectivity index (χ3n) is 4.24. The van der Waals surface area contributed by atoms with Crippen molar-refractivity contribution in [1.29, 1.82) is 0 Å². The molecule has 9 heteroatoms. The van der Waals surface area contributed by atoms with Gasteiger partial charge in [-0.1, -0.05) is 6.07 Å². The molecule has 1 N–H and O–H groups in total. The quantitative estimate of drug-likeness (QED) is 0.387. The van der Waals surface area contributed by atoms with Crippen LogP contribution in [0.4, 0.5) is 24.0 Å². The third kappa shape index (κ3) is 4.16. The summed E-state index contributed by atoms with van der Waals surface area (Å²) in [6, 6.07) is 11.7. The van der Waals surface area contributed by atoms with Crippen LogP contribution < -0.4 is 15.7 Å². The molecular weight excluding hydrogens is 417 g/mol. The summed E-state index contributed by atoms with van der Waals surface area (Å²) < 4.78 is 49.4. The van der Waals surface area contributed by atoms with E-state index >= 15 is 0 Å². The number of halogens is 3. The van der Waals surface area contributed by atoms with Crippen LogP contribution in [0.1, 0.15) is 12.5 Å². The highest BCUT2D eigenvalue weighted by Crippen LogP contribution is 2.33. The number of aromatic nitrogens is 1. The van der Waals surface area contributed by atoms with Crippen LogP contribution in [0.3, 0.4) is 0 Å². The first-order valence-corrected chi connectivity index (χ1v) is 9.82. The Kier molecular flexibility index (Phi) is 5.21. The van der Waals surface area contributed by atoms with Gasteiger partial charge < -0.3 is 14.5 Å². The van der Waals surface area contributed by atoms with Crippen molar-refractivity contribution in [2.75, 3.05) is 11.9 Å². The molecule has 0 aliphatic carbocycles. The molecule has 2 heterocycles. The summed E-state index contributed by atoms with van der Waals surface area (Å²) in [5.74, 6) is 0.599. The van der Waals surface area contributed by atoms with Crippen molar-refractivity contribution in [3.05, 3.63) is 69.9 Å². The van der Waals surface area contributed by atoms with E-state index in [1.165, 1.54) is 23.5 Å². The van der Waals surface area contributed by atoms with E-state index in [9.17, 15) is 18.0 Å². The molecule has 0 fully saturated rings. The van der Waals surface area contributed by atoms with E-state index in [-0.39, 0.29) is 11.3 Å². The second-order valence-electron chi connectivity index (χ2n) is 6.32. The average molecular weight is 432 g/mol. The maximum atomic E-state index is 12.9. The Bertz CT molecular complexity index is 1260. The van der Waals surface area contributed by atoms with E-state index in [2.05, 4.69) is 10.3 Å². The molecule has 0 spiro atoms. The minimum absolute atomic E-state index is 0.250. The molecule has 0 bridgehead atoms. The highest BCUT2D eigenvalue weighted by molar-refractivity contribution is 7.14. The number of anilines is 2. The number of alkyl halides is 3. The van der Waals surface area contributed by atoms with Crippen LogP contribution in [0, 0.1) is 0 Å². The molecule has 0 radical (unpaired) electrons. The highest BCUT2D eigenvalue weighted by Gasteiger charge is 2.30. The zero-order valence-electron chi connectivity index (χ0n) is 15.6. The van der Waals surface area contributed by atoms with Crippen LogP contribution in [0.2, 0.25) is 0 Å². The molecule has 0 aliphatic heterocycles. The van der Waals surface area contributed by atoms with Gasteiger partial charge in [0.15, 0.2) is 5.13 Å². The maximum absolute atomic E-state index is 12.9. The van der Waals surface area contributed by atoms with E-state index in [4.69, 9.17) is 9.15 Å². The van der Waals surface area contributed by atoms with Crippen molar-refractivity contribution >= 4 is 33.1 Å². The van der Waals surface area contributed by atoms with Crippen molar-refractivity contribution in [3.8, 4) is 17.0 Å². The van der Waals surface area contributed by atoms with E-state index in [0.717, 1.165) is 12.1 Å². The molecule has 2 aromatic heterocycles. The van der Waals surface area contributed by atoms with Crippen LogP contribution in [-0.4, -0.2) is 11.6 Å². The van der Waals surface area contributed by atoms with E-state index < -0.39 is 17.4 Å². The first-order chi connectivity index (χ1) is 14.3. The Morgan fingerprint density at radius 1 is 1.17 bits per heavy atom. The molecule has 154 valence electrons. The fraction of sp³-hybridized carbons (Fsp3) is 0.143. The summed E-state index contributed by atoms with van der Waals surface area (Å²) in [5.41, 5.74) is -0.0380. The van der Waals surface area contributed by atoms with E-state index in [1.54, 1.807) is 29.6 Å². The summed E-state index contributed by atoms with van der Waals surface area (Å²) in [6.45, 7) is 2.35. The van der Waals surface area contributed by atoms with Crippen molar-refractivity contribution in [1.82, 2.24) is 4.98 Å². The van der Waals surface area contributed by atoms with Gasteiger partial charge in [0.2, 0.25) is 0 Å². The monoisotopic (exact) mass is 432 g/mol. The SMILES string of the molecule is CCOc1ccc2cc(-c3csc(Nc4cccc(C(F)(F)F)c4)n3)c(=O)oc2c1. The smallest absolute Gasteiger partial charge is 0.416 e. The molecule has 0 aliphatic rings. The van der Waals surface area contributed by atoms with Gasteiger partial charge in [-0.2, -0.15) is 13.2 Å². The standard InChI is InChI=1S/C21H15F3N2O3S/c1-2-28-15-7-6-12-8-16(19(27)29-18(12)10-15)17-11-30-20(26-17)25-14-5-3-4-13(9-14)21(22,23)24/h3-11H,2H2,1H3,(H,25,26). The molecular formula is C21H15F3N2O3S. The van der Waals surface area contributed by atoms with Gasteiger partial charge in [-0.25, -0.2) is 9.78 Å². The lowest BCUT2D eigenvalue weighted by Crippen LogP contribution is -2.05. The molecule has 0 saturated carbocycles. The normalized spacial score (nSPS) is 11.6. The largest absolute Gasteiger partial charge is 0.494 e. The third-order valence-corrected chi connectivity index (χ3v) is 5.00. The predicted molar refractivity (Wildman–Crippen MR) is 109 cm³/mol. The van der Waals surface area contributed by atoms with Crippen LogP contribution in [0.25, 0.3) is 22.2 Å². The van der Waals surface area contributed by atoms with Crippen molar-refractivity contribution < 1.29 is 22.3 Å². The van der Waals surface area contributed by atoms with Gasteiger partial charge in [0.1, 0.15) is 11.3 Å². The first-order valence-electron chi connectivity index (χ1n) is 8.94. The number of rotatable bonds is 5. The molecule has 2 aromatic carbocycles. The molecule has 0 saturated heterocycles. The van der Waals surface area contributed by atoms with Gasteiger partial charge in [-0.15, -0.1) is 11.3 Å². The lowest BCUT2D eigenvalue weighted by molar-refractivity contribution is -0.137.